The molecule has 0 bridgehead atoms. The van der Waals surface area contributed by atoms with Crippen LogP contribution in [0.4, 0.5) is 21.9 Å². The first-order valence-electron chi connectivity index (χ1n) is 10.4. The van der Waals surface area contributed by atoms with E-state index in [1.165, 1.54) is 0 Å². The lowest BCUT2D eigenvalue weighted by molar-refractivity contribution is 0.0925. The number of carbonyl (C=O) groups is 4. The van der Waals surface area contributed by atoms with Crippen LogP contribution in [0.3, 0.4) is 0 Å². The average molecular weight is 442 g/mol. The van der Waals surface area contributed by atoms with Gasteiger partial charge >= 0.3 is 6.03 Å². The number of fused-ring (bicyclic) bond motifs is 1. The van der Waals surface area contributed by atoms with Crippen LogP contribution < -0.4 is 20.9 Å². The van der Waals surface area contributed by atoms with Gasteiger partial charge < -0.3 is 16.0 Å². The molecule has 0 atom stereocenters. The molecule has 0 radical (unpaired) electrons. The monoisotopic (exact) mass is 442 g/mol. The number of carbonyl (C=O) groups excluding carboxylic acids is 4. The number of nitrogens with zero attached hydrogens (tertiary/aromatic N) is 1. The summed E-state index contributed by atoms with van der Waals surface area (Å²) in [6.07, 6.45) is 0. The molecule has 0 saturated carbocycles. The van der Waals surface area contributed by atoms with Crippen molar-refractivity contribution in [1.29, 1.82) is 0 Å². The maximum absolute atomic E-state index is 12.8. The Morgan fingerprint density at radius 3 is 2.00 bits per heavy atom. The van der Waals surface area contributed by atoms with Crippen molar-refractivity contribution in [1.82, 2.24) is 5.32 Å². The average Bonchev–Trinajstić information content (AvgIpc) is 3.04. The summed E-state index contributed by atoms with van der Waals surface area (Å²) >= 11 is 0. The third kappa shape index (κ3) is 4.59. The van der Waals surface area contributed by atoms with E-state index >= 15 is 0 Å². The van der Waals surface area contributed by atoms with Crippen LogP contribution in [0.25, 0.3) is 0 Å². The molecule has 1 aliphatic rings. The maximum Gasteiger partial charge on any atom is 0.319 e. The normalized spacial score (nSPS) is 12.5. The molecule has 3 aromatic rings. The predicted octanol–water partition coefficient (Wildman–Crippen LogP) is 4.27. The van der Waals surface area contributed by atoms with E-state index in [1.807, 2.05) is 13.8 Å². The highest BCUT2D eigenvalue weighted by molar-refractivity contribution is 6.34. The van der Waals surface area contributed by atoms with Crippen molar-refractivity contribution in [2.45, 2.75) is 19.9 Å². The van der Waals surface area contributed by atoms with Crippen molar-refractivity contribution in [2.24, 2.45) is 0 Å². The van der Waals surface area contributed by atoms with Gasteiger partial charge in [-0.1, -0.05) is 24.3 Å². The zero-order valence-electron chi connectivity index (χ0n) is 18.1. The molecular weight excluding hydrogens is 420 g/mol. The lowest BCUT2D eigenvalue weighted by Crippen LogP contribution is -2.34. The molecule has 1 aliphatic heterocycles. The first kappa shape index (κ1) is 21.8. The predicted molar refractivity (Wildman–Crippen MR) is 126 cm³/mol. The van der Waals surface area contributed by atoms with Gasteiger partial charge in [0, 0.05) is 23.0 Å². The third-order valence-corrected chi connectivity index (χ3v) is 4.96. The minimum absolute atomic E-state index is 0.0223. The van der Waals surface area contributed by atoms with Gasteiger partial charge in [0.05, 0.1) is 16.8 Å². The Kier molecular flexibility index (Phi) is 5.91. The highest BCUT2D eigenvalue weighted by atomic mass is 16.2. The summed E-state index contributed by atoms with van der Waals surface area (Å²) in [4.78, 5) is 51.3. The molecule has 0 aliphatic carbocycles. The minimum atomic E-state index is -0.405. The summed E-state index contributed by atoms with van der Waals surface area (Å²) in [7, 11) is 0. The molecule has 5 amide bonds. The fourth-order valence-corrected chi connectivity index (χ4v) is 3.52. The van der Waals surface area contributed by atoms with Crippen molar-refractivity contribution in [3.05, 3.63) is 89.5 Å². The quantitative estimate of drug-likeness (QED) is 0.513. The van der Waals surface area contributed by atoms with Crippen LogP contribution in [0.5, 0.6) is 0 Å². The smallest absolute Gasteiger partial charge is 0.319 e. The van der Waals surface area contributed by atoms with E-state index in [-0.39, 0.29) is 12.1 Å². The summed E-state index contributed by atoms with van der Waals surface area (Å²) in [5.74, 6) is -1.21. The lowest BCUT2D eigenvalue weighted by atomic mass is 10.1. The highest BCUT2D eigenvalue weighted by Crippen LogP contribution is 2.29. The Labute approximate surface area is 190 Å². The number of urea groups is 1. The number of anilines is 3. The van der Waals surface area contributed by atoms with Crippen LogP contribution in [-0.4, -0.2) is 29.8 Å². The summed E-state index contributed by atoms with van der Waals surface area (Å²) in [6, 6.07) is 19.3. The van der Waals surface area contributed by atoms with Crippen LogP contribution in [0, 0.1) is 0 Å². The Balaban J connectivity index is 1.50. The number of benzene rings is 3. The zero-order valence-corrected chi connectivity index (χ0v) is 18.1. The molecule has 8 nitrogen and oxygen atoms in total. The van der Waals surface area contributed by atoms with Crippen molar-refractivity contribution >= 4 is 40.8 Å². The molecule has 4 rings (SSSR count). The van der Waals surface area contributed by atoms with Crippen molar-refractivity contribution in [2.75, 3.05) is 15.5 Å². The number of amides is 5. The molecule has 8 heteroatoms. The van der Waals surface area contributed by atoms with E-state index in [1.54, 1.807) is 72.8 Å². The van der Waals surface area contributed by atoms with Crippen molar-refractivity contribution in [3.8, 4) is 0 Å². The van der Waals surface area contributed by atoms with Gasteiger partial charge in [0.15, 0.2) is 0 Å². The van der Waals surface area contributed by atoms with Gasteiger partial charge in [0.1, 0.15) is 0 Å². The summed E-state index contributed by atoms with van der Waals surface area (Å²) in [6.45, 7) is 3.69. The fraction of sp³-hybridized carbons (Fsp3) is 0.120. The minimum Gasteiger partial charge on any atom is -0.336 e. The van der Waals surface area contributed by atoms with E-state index in [0.717, 1.165) is 4.90 Å². The highest BCUT2D eigenvalue weighted by Gasteiger charge is 2.36. The van der Waals surface area contributed by atoms with Gasteiger partial charge in [0.25, 0.3) is 17.7 Å². The second-order valence-electron chi connectivity index (χ2n) is 7.83. The van der Waals surface area contributed by atoms with E-state index in [0.29, 0.717) is 33.8 Å². The van der Waals surface area contributed by atoms with Crippen LogP contribution >= 0.6 is 0 Å². The summed E-state index contributed by atoms with van der Waals surface area (Å²) in [5.41, 5.74) is 2.29. The number of hydrogen-bond acceptors (Lipinski definition) is 4. The van der Waals surface area contributed by atoms with Gasteiger partial charge in [-0.05, 0) is 62.4 Å². The topological polar surface area (TPSA) is 108 Å². The molecule has 33 heavy (non-hydrogen) atoms. The number of imide groups is 1. The Bertz CT molecular complexity index is 1230. The lowest BCUT2D eigenvalue weighted by Gasteiger charge is -2.15. The molecule has 0 spiro atoms. The summed E-state index contributed by atoms with van der Waals surface area (Å²) < 4.78 is 0. The number of rotatable bonds is 5. The molecule has 1 heterocycles. The number of nitrogens with one attached hydrogen (secondary N) is 3. The SMILES string of the molecule is CC(C)NC(=O)Nc1cccc(C(=O)Nc2cccc(N3C(=O)c4ccccc4C3=O)c2)c1. The second kappa shape index (κ2) is 8.96. The molecule has 3 aromatic carbocycles. The fourth-order valence-electron chi connectivity index (χ4n) is 3.52. The standard InChI is InChI=1S/C25H22N4O4/c1-15(2)26-25(33)28-17-8-5-7-16(13-17)22(30)27-18-9-6-10-19(14-18)29-23(31)20-11-3-4-12-21(20)24(29)32/h3-15H,1-2H3,(H,27,30)(H2,26,28,33). The molecule has 3 N–H and O–H groups in total. The molecule has 0 unspecified atom stereocenters. The largest absolute Gasteiger partial charge is 0.336 e. The molecule has 0 aromatic heterocycles. The van der Waals surface area contributed by atoms with E-state index in [9.17, 15) is 19.2 Å². The van der Waals surface area contributed by atoms with Gasteiger partial charge in [-0.25, -0.2) is 9.69 Å². The van der Waals surface area contributed by atoms with Gasteiger partial charge in [-0.15, -0.1) is 0 Å². The first-order chi connectivity index (χ1) is 15.8. The summed E-state index contributed by atoms with van der Waals surface area (Å²) in [5, 5.41) is 8.17. The molecule has 0 fully saturated rings. The second-order valence-corrected chi connectivity index (χ2v) is 7.83. The molecule has 166 valence electrons. The van der Waals surface area contributed by atoms with E-state index in [4.69, 9.17) is 0 Å². The van der Waals surface area contributed by atoms with E-state index < -0.39 is 17.7 Å². The van der Waals surface area contributed by atoms with Gasteiger partial charge in [0.2, 0.25) is 0 Å². The van der Waals surface area contributed by atoms with Crippen LogP contribution in [-0.2, 0) is 0 Å². The van der Waals surface area contributed by atoms with Gasteiger partial charge in [-0.3, -0.25) is 14.4 Å². The van der Waals surface area contributed by atoms with Crippen molar-refractivity contribution < 1.29 is 19.2 Å². The first-order valence-corrected chi connectivity index (χ1v) is 10.4. The number of hydrogen-bond donors (Lipinski definition) is 3. The Hall–Kier alpha value is -4.46. The Morgan fingerprint density at radius 2 is 1.36 bits per heavy atom. The maximum atomic E-state index is 12.8. The Morgan fingerprint density at radius 1 is 0.758 bits per heavy atom. The molecule has 0 saturated heterocycles. The third-order valence-electron chi connectivity index (χ3n) is 4.96. The van der Waals surface area contributed by atoms with Crippen molar-refractivity contribution in [3.63, 3.8) is 0 Å². The van der Waals surface area contributed by atoms with Gasteiger partial charge in [-0.2, -0.15) is 0 Å². The van der Waals surface area contributed by atoms with Crippen LogP contribution in [0.2, 0.25) is 0 Å². The zero-order chi connectivity index (χ0) is 23.5. The van der Waals surface area contributed by atoms with E-state index in [2.05, 4.69) is 16.0 Å². The van der Waals surface area contributed by atoms with Crippen LogP contribution in [0.15, 0.2) is 72.8 Å². The molecular formula is C25H22N4O4. The van der Waals surface area contributed by atoms with Crippen LogP contribution in [0.1, 0.15) is 44.9 Å².